The Balaban J connectivity index is 1.52. The van der Waals surface area contributed by atoms with Crippen LogP contribution in [0, 0.1) is 0 Å². The van der Waals surface area contributed by atoms with Gasteiger partial charge in [0.15, 0.2) is 0 Å². The number of hydrogen-bond donors (Lipinski definition) is 2. The number of likely N-dealkylation sites (tertiary alicyclic amines) is 1. The molecule has 3 aliphatic rings. The molecule has 0 aromatic heterocycles. The molecule has 2 fully saturated rings. The number of carbonyl (C=O) groups excluding carboxylic acids is 2. The van der Waals surface area contributed by atoms with Crippen molar-refractivity contribution in [1.82, 2.24) is 10.2 Å². The van der Waals surface area contributed by atoms with Crippen molar-refractivity contribution in [2.24, 2.45) is 0 Å². The number of rotatable bonds is 1. The van der Waals surface area contributed by atoms with Gasteiger partial charge in [0.25, 0.3) is 0 Å². The van der Waals surface area contributed by atoms with E-state index < -0.39 is 5.41 Å². The smallest absolute Gasteiger partial charge is 0.317 e. The fourth-order valence-corrected chi connectivity index (χ4v) is 4.10. The summed E-state index contributed by atoms with van der Waals surface area (Å²) in [7, 11) is 0. The Bertz CT molecular complexity index is 624. The minimum Gasteiger partial charge on any atom is -0.335 e. The molecule has 1 saturated heterocycles. The zero-order valence-electron chi connectivity index (χ0n) is 12.6. The van der Waals surface area contributed by atoms with Gasteiger partial charge in [-0.15, -0.1) is 0 Å². The lowest BCUT2D eigenvalue weighted by Crippen LogP contribution is -2.45. The molecule has 1 aromatic carbocycles. The topological polar surface area (TPSA) is 61.4 Å². The summed E-state index contributed by atoms with van der Waals surface area (Å²) < 4.78 is 0. The van der Waals surface area contributed by atoms with E-state index in [0.29, 0.717) is 25.6 Å². The number of nitrogens with one attached hydrogen (secondary N) is 2. The molecule has 1 unspecified atom stereocenters. The van der Waals surface area contributed by atoms with Crippen LogP contribution in [0.5, 0.6) is 0 Å². The van der Waals surface area contributed by atoms with Gasteiger partial charge < -0.3 is 15.5 Å². The van der Waals surface area contributed by atoms with Gasteiger partial charge in [0.2, 0.25) is 5.91 Å². The first-order valence-corrected chi connectivity index (χ1v) is 8.15. The molecule has 116 valence electrons. The third kappa shape index (κ3) is 1.99. The van der Waals surface area contributed by atoms with Crippen LogP contribution in [0.4, 0.5) is 10.5 Å². The van der Waals surface area contributed by atoms with Gasteiger partial charge in [0, 0.05) is 24.8 Å². The Morgan fingerprint density at radius 3 is 2.86 bits per heavy atom. The maximum Gasteiger partial charge on any atom is 0.317 e. The zero-order chi connectivity index (χ0) is 15.2. The number of hydrogen-bond acceptors (Lipinski definition) is 2. The Hall–Kier alpha value is -2.04. The first-order valence-electron chi connectivity index (χ1n) is 8.15. The molecule has 1 aromatic rings. The molecule has 3 amide bonds. The Morgan fingerprint density at radius 1 is 1.27 bits per heavy atom. The molecule has 2 heterocycles. The van der Waals surface area contributed by atoms with Crippen molar-refractivity contribution in [2.45, 2.75) is 43.6 Å². The molecule has 1 spiro atoms. The van der Waals surface area contributed by atoms with E-state index in [4.69, 9.17) is 0 Å². The van der Waals surface area contributed by atoms with Gasteiger partial charge >= 0.3 is 6.03 Å². The standard InChI is InChI=1S/C17H21N3O2/c21-15-17(13-7-3-4-8-14(13)19-15)9-10-20(11-17)16(22)18-12-5-1-2-6-12/h3-4,7-8,12H,1-2,5-6,9-11H2,(H,18,22)(H,19,21). The van der Waals surface area contributed by atoms with Gasteiger partial charge in [-0.25, -0.2) is 4.79 Å². The molecular formula is C17H21N3O2. The normalized spacial score (nSPS) is 27.3. The fraction of sp³-hybridized carbons (Fsp3) is 0.529. The summed E-state index contributed by atoms with van der Waals surface area (Å²) in [5.41, 5.74) is 1.38. The van der Waals surface area contributed by atoms with Gasteiger partial charge in [-0.2, -0.15) is 0 Å². The highest BCUT2D eigenvalue weighted by Gasteiger charge is 2.52. The van der Waals surface area contributed by atoms with E-state index in [1.165, 1.54) is 12.8 Å². The molecule has 5 heteroatoms. The Morgan fingerprint density at radius 2 is 2.05 bits per heavy atom. The third-order valence-electron chi connectivity index (χ3n) is 5.36. The first-order chi connectivity index (χ1) is 10.7. The van der Waals surface area contributed by atoms with Gasteiger partial charge in [0.05, 0.1) is 5.41 Å². The molecule has 1 saturated carbocycles. The van der Waals surface area contributed by atoms with Crippen molar-refractivity contribution in [3.8, 4) is 0 Å². The van der Waals surface area contributed by atoms with Crippen molar-refractivity contribution in [2.75, 3.05) is 18.4 Å². The average Bonchev–Trinajstić information content (AvgIpc) is 3.22. The lowest BCUT2D eigenvalue weighted by molar-refractivity contribution is -0.120. The highest BCUT2D eigenvalue weighted by Crippen LogP contribution is 2.44. The molecule has 22 heavy (non-hydrogen) atoms. The molecule has 2 aliphatic heterocycles. The van der Waals surface area contributed by atoms with Crippen LogP contribution in [0.25, 0.3) is 0 Å². The van der Waals surface area contributed by atoms with E-state index in [2.05, 4.69) is 10.6 Å². The van der Waals surface area contributed by atoms with E-state index in [-0.39, 0.29) is 11.9 Å². The quantitative estimate of drug-likeness (QED) is 0.835. The molecular weight excluding hydrogens is 278 g/mol. The van der Waals surface area contributed by atoms with Crippen molar-refractivity contribution in [3.63, 3.8) is 0 Å². The van der Waals surface area contributed by atoms with Gasteiger partial charge in [-0.05, 0) is 30.9 Å². The molecule has 1 aliphatic carbocycles. The number of anilines is 1. The van der Waals surface area contributed by atoms with Crippen LogP contribution in [-0.2, 0) is 10.2 Å². The average molecular weight is 299 g/mol. The molecule has 5 nitrogen and oxygen atoms in total. The van der Waals surface area contributed by atoms with Gasteiger partial charge in [0.1, 0.15) is 0 Å². The second-order valence-corrected chi connectivity index (χ2v) is 6.68. The lowest BCUT2D eigenvalue weighted by Gasteiger charge is -2.24. The predicted molar refractivity (Wildman–Crippen MR) is 83.7 cm³/mol. The number of fused-ring (bicyclic) bond motifs is 2. The van der Waals surface area contributed by atoms with E-state index in [9.17, 15) is 9.59 Å². The fourth-order valence-electron chi connectivity index (χ4n) is 4.10. The van der Waals surface area contributed by atoms with Crippen LogP contribution in [0.3, 0.4) is 0 Å². The van der Waals surface area contributed by atoms with Crippen LogP contribution in [0.2, 0.25) is 0 Å². The number of benzene rings is 1. The number of para-hydroxylation sites is 1. The van der Waals surface area contributed by atoms with Crippen LogP contribution in [0.1, 0.15) is 37.7 Å². The van der Waals surface area contributed by atoms with Crippen molar-refractivity contribution < 1.29 is 9.59 Å². The summed E-state index contributed by atoms with van der Waals surface area (Å²) in [5.74, 6) is 0.0323. The number of carbonyl (C=O) groups is 2. The van der Waals surface area contributed by atoms with Gasteiger partial charge in [-0.1, -0.05) is 31.0 Å². The Labute approximate surface area is 130 Å². The van der Waals surface area contributed by atoms with Crippen LogP contribution in [-0.4, -0.2) is 36.0 Å². The predicted octanol–water partition coefficient (Wildman–Crippen LogP) is 2.23. The maximum atomic E-state index is 12.5. The largest absolute Gasteiger partial charge is 0.335 e. The van der Waals surface area contributed by atoms with Crippen LogP contribution < -0.4 is 10.6 Å². The maximum absolute atomic E-state index is 12.5. The monoisotopic (exact) mass is 299 g/mol. The SMILES string of the molecule is O=C(NC1CCCC1)N1CCC2(C1)C(=O)Nc1ccccc12. The molecule has 4 rings (SSSR count). The Kier molecular flexibility index (Phi) is 3.10. The molecule has 0 radical (unpaired) electrons. The summed E-state index contributed by atoms with van der Waals surface area (Å²) in [5, 5.41) is 6.09. The van der Waals surface area contributed by atoms with E-state index in [0.717, 1.165) is 24.1 Å². The summed E-state index contributed by atoms with van der Waals surface area (Å²) in [6.07, 6.45) is 5.26. The minimum absolute atomic E-state index is 0.0130. The number of nitrogens with zero attached hydrogens (tertiary/aromatic N) is 1. The van der Waals surface area contributed by atoms with E-state index in [1.54, 1.807) is 4.90 Å². The van der Waals surface area contributed by atoms with Crippen LogP contribution in [0.15, 0.2) is 24.3 Å². The second kappa shape index (κ2) is 5.00. The van der Waals surface area contributed by atoms with Crippen molar-refractivity contribution in [1.29, 1.82) is 0 Å². The lowest BCUT2D eigenvalue weighted by atomic mass is 9.81. The number of urea groups is 1. The summed E-state index contributed by atoms with van der Waals surface area (Å²) in [4.78, 5) is 26.7. The highest BCUT2D eigenvalue weighted by molar-refractivity contribution is 6.07. The zero-order valence-corrected chi connectivity index (χ0v) is 12.6. The van der Waals surface area contributed by atoms with E-state index in [1.807, 2.05) is 24.3 Å². The van der Waals surface area contributed by atoms with E-state index >= 15 is 0 Å². The van der Waals surface area contributed by atoms with Crippen molar-refractivity contribution >= 4 is 17.6 Å². The minimum atomic E-state index is -0.552. The number of amides is 3. The highest BCUT2D eigenvalue weighted by atomic mass is 16.2. The summed E-state index contributed by atoms with van der Waals surface area (Å²) >= 11 is 0. The third-order valence-corrected chi connectivity index (χ3v) is 5.36. The molecule has 2 N–H and O–H groups in total. The van der Waals surface area contributed by atoms with Crippen molar-refractivity contribution in [3.05, 3.63) is 29.8 Å². The summed E-state index contributed by atoms with van der Waals surface area (Å²) in [6.45, 7) is 1.12. The molecule has 1 atom stereocenters. The summed E-state index contributed by atoms with van der Waals surface area (Å²) in [6, 6.07) is 8.13. The van der Waals surface area contributed by atoms with Gasteiger partial charge in [-0.3, -0.25) is 4.79 Å². The second-order valence-electron chi connectivity index (χ2n) is 6.68. The van der Waals surface area contributed by atoms with Crippen LogP contribution >= 0.6 is 0 Å². The molecule has 0 bridgehead atoms. The first kappa shape index (κ1) is 13.6.